The Kier molecular flexibility index (Phi) is 3.46. The summed E-state index contributed by atoms with van der Waals surface area (Å²) >= 11 is 9.02. The Hall–Kier alpha value is -0.350. The summed E-state index contributed by atoms with van der Waals surface area (Å²) in [6.45, 7) is 0.745. The summed E-state index contributed by atoms with van der Waals surface area (Å²) in [6.07, 6.45) is 3.59. The van der Waals surface area contributed by atoms with Gasteiger partial charge in [0, 0.05) is 22.6 Å². The van der Waals surface area contributed by atoms with Crippen LogP contribution >= 0.6 is 27.5 Å². The Bertz CT molecular complexity index is 355. The summed E-state index contributed by atoms with van der Waals surface area (Å²) in [6, 6.07) is 1.40. The monoisotopic (exact) mass is 292 g/mol. The number of halogens is 3. The number of alkyl halides is 1. The van der Waals surface area contributed by atoms with Crippen molar-refractivity contribution in [2.24, 2.45) is 5.92 Å². The number of nitrogens with one attached hydrogen (secondary N) is 1. The first-order valence-electron chi connectivity index (χ1n) is 4.84. The maximum atomic E-state index is 13.3. The molecule has 1 fully saturated rings. The van der Waals surface area contributed by atoms with E-state index in [2.05, 4.69) is 26.2 Å². The van der Waals surface area contributed by atoms with Gasteiger partial charge in [-0.15, -0.1) is 11.6 Å². The lowest BCUT2D eigenvalue weighted by Gasteiger charge is -2.31. The minimum atomic E-state index is -0.328. The molecule has 82 valence electrons. The van der Waals surface area contributed by atoms with Gasteiger partial charge in [0.25, 0.3) is 0 Å². The van der Waals surface area contributed by atoms with E-state index in [1.54, 1.807) is 6.20 Å². The van der Waals surface area contributed by atoms with Crippen molar-refractivity contribution < 1.29 is 4.39 Å². The largest absolute Gasteiger partial charge is 0.367 e. The molecule has 0 unspecified atom stereocenters. The number of pyridine rings is 1. The predicted octanol–water partition coefficient (Wildman–Crippen LogP) is 3.41. The zero-order chi connectivity index (χ0) is 10.8. The summed E-state index contributed by atoms with van der Waals surface area (Å²) in [5.74, 6) is 0.541. The van der Waals surface area contributed by atoms with Gasteiger partial charge < -0.3 is 5.32 Å². The molecule has 0 amide bonds. The number of rotatable bonds is 3. The topological polar surface area (TPSA) is 24.9 Å². The first-order chi connectivity index (χ1) is 7.15. The lowest BCUT2D eigenvalue weighted by Crippen LogP contribution is -2.30. The van der Waals surface area contributed by atoms with Crippen molar-refractivity contribution in [2.45, 2.75) is 18.2 Å². The summed E-state index contributed by atoms with van der Waals surface area (Å²) in [4.78, 5) is 3.96. The van der Waals surface area contributed by atoms with Crippen LogP contribution in [-0.4, -0.2) is 16.9 Å². The van der Waals surface area contributed by atoms with Crippen molar-refractivity contribution >= 4 is 33.3 Å². The SMILES string of the molecule is Fc1cc(Br)cnc1NCC1CC(Cl)C1. The van der Waals surface area contributed by atoms with E-state index >= 15 is 0 Å². The molecule has 0 atom stereocenters. The minimum absolute atomic E-state index is 0.305. The molecule has 0 radical (unpaired) electrons. The first kappa shape index (κ1) is 11.1. The molecule has 0 aliphatic heterocycles. The predicted molar refractivity (Wildman–Crippen MR) is 62.7 cm³/mol. The van der Waals surface area contributed by atoms with E-state index in [9.17, 15) is 4.39 Å². The van der Waals surface area contributed by atoms with Crippen LogP contribution in [0.25, 0.3) is 0 Å². The van der Waals surface area contributed by atoms with Crippen molar-refractivity contribution in [1.82, 2.24) is 4.98 Å². The van der Waals surface area contributed by atoms with E-state index < -0.39 is 0 Å². The first-order valence-corrected chi connectivity index (χ1v) is 6.07. The minimum Gasteiger partial charge on any atom is -0.367 e. The molecule has 0 saturated heterocycles. The smallest absolute Gasteiger partial charge is 0.166 e. The fourth-order valence-corrected chi connectivity index (χ4v) is 2.41. The molecular formula is C10H11BrClFN2. The van der Waals surface area contributed by atoms with E-state index in [0.717, 1.165) is 19.4 Å². The maximum absolute atomic E-state index is 13.3. The molecule has 1 aromatic rings. The van der Waals surface area contributed by atoms with Crippen molar-refractivity contribution in [1.29, 1.82) is 0 Å². The molecule has 2 rings (SSSR count). The molecule has 0 spiro atoms. The molecule has 1 aliphatic carbocycles. The molecule has 0 bridgehead atoms. The highest BCUT2D eigenvalue weighted by atomic mass is 79.9. The zero-order valence-corrected chi connectivity index (χ0v) is 10.4. The van der Waals surface area contributed by atoms with Crippen molar-refractivity contribution in [3.8, 4) is 0 Å². The number of hydrogen-bond donors (Lipinski definition) is 1. The lowest BCUT2D eigenvalue weighted by atomic mass is 9.85. The van der Waals surface area contributed by atoms with Crippen LogP contribution in [0, 0.1) is 11.7 Å². The van der Waals surface area contributed by atoms with Crippen LogP contribution in [0.15, 0.2) is 16.7 Å². The molecule has 1 aliphatic rings. The Labute approximate surface area is 101 Å². The average molecular weight is 294 g/mol. The average Bonchev–Trinajstić information content (AvgIpc) is 2.13. The van der Waals surface area contributed by atoms with E-state index in [1.165, 1.54) is 6.07 Å². The van der Waals surface area contributed by atoms with Crippen molar-refractivity contribution in [3.63, 3.8) is 0 Å². The van der Waals surface area contributed by atoms with Gasteiger partial charge in [-0.25, -0.2) is 9.37 Å². The second-order valence-electron chi connectivity index (χ2n) is 3.80. The molecule has 15 heavy (non-hydrogen) atoms. The third-order valence-electron chi connectivity index (χ3n) is 2.54. The molecule has 2 nitrogen and oxygen atoms in total. The van der Waals surface area contributed by atoms with Gasteiger partial charge >= 0.3 is 0 Å². The molecule has 1 N–H and O–H groups in total. The highest BCUT2D eigenvalue weighted by Gasteiger charge is 2.26. The number of hydrogen-bond acceptors (Lipinski definition) is 2. The van der Waals surface area contributed by atoms with Gasteiger partial charge in [-0.2, -0.15) is 0 Å². The third kappa shape index (κ3) is 2.82. The normalized spacial score (nSPS) is 24.7. The van der Waals surface area contributed by atoms with E-state index in [0.29, 0.717) is 21.6 Å². The third-order valence-corrected chi connectivity index (χ3v) is 3.33. The molecule has 1 aromatic heterocycles. The van der Waals surface area contributed by atoms with Crippen LogP contribution in [0.1, 0.15) is 12.8 Å². The van der Waals surface area contributed by atoms with Gasteiger partial charge in [-0.05, 0) is 40.8 Å². The van der Waals surface area contributed by atoms with E-state index in [1.807, 2.05) is 0 Å². The van der Waals surface area contributed by atoms with Crippen LogP contribution in [0.4, 0.5) is 10.2 Å². The van der Waals surface area contributed by atoms with Gasteiger partial charge in [0.15, 0.2) is 11.6 Å². The Morgan fingerprint density at radius 3 is 2.93 bits per heavy atom. The zero-order valence-electron chi connectivity index (χ0n) is 8.01. The highest BCUT2D eigenvalue weighted by molar-refractivity contribution is 9.10. The van der Waals surface area contributed by atoms with Crippen molar-refractivity contribution in [3.05, 3.63) is 22.6 Å². The fraction of sp³-hybridized carbons (Fsp3) is 0.500. The van der Waals surface area contributed by atoms with Crippen LogP contribution in [0.5, 0.6) is 0 Å². The summed E-state index contributed by atoms with van der Waals surface area (Å²) < 4.78 is 14.0. The van der Waals surface area contributed by atoms with Crippen molar-refractivity contribution in [2.75, 3.05) is 11.9 Å². The van der Waals surface area contributed by atoms with Crippen LogP contribution in [0.2, 0.25) is 0 Å². The molecular weight excluding hydrogens is 282 g/mol. The van der Waals surface area contributed by atoms with Crippen LogP contribution < -0.4 is 5.32 Å². The molecule has 1 saturated carbocycles. The van der Waals surface area contributed by atoms with Gasteiger partial charge in [0.1, 0.15) is 0 Å². The van der Waals surface area contributed by atoms with E-state index in [4.69, 9.17) is 11.6 Å². The Morgan fingerprint density at radius 2 is 2.33 bits per heavy atom. The number of aromatic nitrogens is 1. The van der Waals surface area contributed by atoms with Crippen LogP contribution in [-0.2, 0) is 0 Å². The van der Waals surface area contributed by atoms with E-state index in [-0.39, 0.29) is 5.82 Å². The standard InChI is InChI=1S/C10H11BrClFN2/c11-7-3-9(13)10(15-5-7)14-4-6-1-8(12)2-6/h3,5-6,8H,1-2,4H2,(H,14,15). The molecule has 0 aromatic carbocycles. The summed E-state index contributed by atoms with van der Waals surface area (Å²) in [5, 5.41) is 3.30. The van der Waals surface area contributed by atoms with Gasteiger partial charge in [0.05, 0.1) is 0 Å². The number of nitrogens with zero attached hydrogens (tertiary/aromatic N) is 1. The quantitative estimate of drug-likeness (QED) is 0.864. The molecule has 5 heteroatoms. The highest BCUT2D eigenvalue weighted by Crippen LogP contribution is 2.32. The maximum Gasteiger partial charge on any atom is 0.166 e. The second-order valence-corrected chi connectivity index (χ2v) is 5.33. The fourth-order valence-electron chi connectivity index (χ4n) is 1.61. The Balaban J connectivity index is 1.88. The van der Waals surface area contributed by atoms with Gasteiger partial charge in [-0.1, -0.05) is 0 Å². The Morgan fingerprint density at radius 1 is 1.60 bits per heavy atom. The summed E-state index contributed by atoms with van der Waals surface area (Å²) in [7, 11) is 0. The second kappa shape index (κ2) is 4.66. The lowest BCUT2D eigenvalue weighted by molar-refractivity contribution is 0.341. The van der Waals surface area contributed by atoms with Gasteiger partial charge in [0.2, 0.25) is 0 Å². The summed E-state index contributed by atoms with van der Waals surface area (Å²) in [5.41, 5.74) is 0. The van der Waals surface area contributed by atoms with Crippen LogP contribution in [0.3, 0.4) is 0 Å². The van der Waals surface area contributed by atoms with Gasteiger partial charge in [-0.3, -0.25) is 0 Å². The number of anilines is 1. The molecule has 1 heterocycles.